The second kappa shape index (κ2) is 4.39. The maximum atomic E-state index is 11.7. The van der Waals surface area contributed by atoms with E-state index in [4.69, 9.17) is 16.3 Å². The number of aromatic nitrogens is 1. The van der Waals surface area contributed by atoms with Gasteiger partial charge in [-0.25, -0.2) is 4.79 Å². The van der Waals surface area contributed by atoms with Gasteiger partial charge in [0.2, 0.25) is 0 Å². The first-order valence-corrected chi connectivity index (χ1v) is 6.11. The van der Waals surface area contributed by atoms with Crippen LogP contribution in [0.5, 0.6) is 0 Å². The molecule has 2 rings (SSSR count). The van der Waals surface area contributed by atoms with E-state index in [9.17, 15) is 4.79 Å². The van der Waals surface area contributed by atoms with Gasteiger partial charge in [-0.15, -0.1) is 11.3 Å². The first-order valence-electron chi connectivity index (χ1n) is 4.85. The molecule has 16 heavy (non-hydrogen) atoms. The topological polar surface area (TPSA) is 39.2 Å². The van der Waals surface area contributed by atoms with Gasteiger partial charge in [0.05, 0.1) is 27.5 Å². The van der Waals surface area contributed by atoms with Crippen LogP contribution in [0.1, 0.15) is 23.0 Å². The number of fused-ring (bicyclic) bond motifs is 1. The number of thiophene rings is 1. The fourth-order valence-corrected chi connectivity index (χ4v) is 2.72. The molecule has 0 unspecified atom stereocenters. The molecule has 0 aliphatic rings. The summed E-state index contributed by atoms with van der Waals surface area (Å²) in [6, 6.07) is 1.88. The molecule has 2 heterocycles. The molecule has 0 aliphatic heterocycles. The largest absolute Gasteiger partial charge is 0.462 e. The van der Waals surface area contributed by atoms with Gasteiger partial charge in [-0.1, -0.05) is 11.6 Å². The Morgan fingerprint density at radius 2 is 2.38 bits per heavy atom. The zero-order valence-electron chi connectivity index (χ0n) is 8.91. The average Bonchev–Trinajstić information content (AvgIpc) is 2.66. The Hall–Kier alpha value is -1.13. The summed E-state index contributed by atoms with van der Waals surface area (Å²) in [6.45, 7) is 3.85. The third-order valence-electron chi connectivity index (χ3n) is 2.19. The van der Waals surface area contributed by atoms with Crippen LogP contribution in [0.25, 0.3) is 10.2 Å². The fraction of sp³-hybridized carbons (Fsp3) is 0.273. The van der Waals surface area contributed by atoms with Crippen LogP contribution in [0.4, 0.5) is 0 Å². The van der Waals surface area contributed by atoms with Crippen molar-refractivity contribution in [2.75, 3.05) is 6.61 Å². The second-order valence-electron chi connectivity index (χ2n) is 3.24. The van der Waals surface area contributed by atoms with Crippen LogP contribution in [0, 0.1) is 6.92 Å². The summed E-state index contributed by atoms with van der Waals surface area (Å²) in [5, 5.41) is 2.34. The van der Waals surface area contributed by atoms with E-state index in [1.807, 2.05) is 11.4 Å². The number of rotatable bonds is 2. The highest BCUT2D eigenvalue weighted by Gasteiger charge is 2.19. The van der Waals surface area contributed by atoms with Crippen LogP contribution in [0.15, 0.2) is 11.4 Å². The minimum absolute atomic E-state index is 0.330. The van der Waals surface area contributed by atoms with Gasteiger partial charge in [-0.2, -0.15) is 0 Å². The van der Waals surface area contributed by atoms with E-state index >= 15 is 0 Å². The Morgan fingerprint density at radius 1 is 1.62 bits per heavy atom. The summed E-state index contributed by atoms with van der Waals surface area (Å²) >= 11 is 7.66. The molecule has 0 fully saturated rings. The summed E-state index contributed by atoms with van der Waals surface area (Å²) in [5.41, 5.74) is 1.80. The van der Waals surface area contributed by atoms with Gasteiger partial charge in [0.15, 0.2) is 0 Å². The summed E-state index contributed by atoms with van der Waals surface area (Å²) in [4.78, 5) is 16.0. The highest BCUT2D eigenvalue weighted by Crippen LogP contribution is 2.32. The normalized spacial score (nSPS) is 10.7. The van der Waals surface area contributed by atoms with E-state index in [2.05, 4.69) is 4.98 Å². The number of aryl methyl sites for hydroxylation is 1. The fourth-order valence-electron chi connectivity index (χ4n) is 1.50. The third-order valence-corrected chi connectivity index (χ3v) is 3.60. The summed E-state index contributed by atoms with van der Waals surface area (Å²) in [5.74, 6) is -0.409. The molecule has 0 N–H and O–H groups in total. The van der Waals surface area contributed by atoms with Crippen molar-refractivity contribution in [1.29, 1.82) is 0 Å². The van der Waals surface area contributed by atoms with Crippen LogP contribution in [0.2, 0.25) is 5.02 Å². The Balaban J connectivity index is 2.63. The monoisotopic (exact) mass is 255 g/mol. The summed E-state index contributed by atoms with van der Waals surface area (Å²) in [6.07, 6.45) is 0. The van der Waals surface area contributed by atoms with Crippen molar-refractivity contribution in [2.24, 2.45) is 0 Å². The third kappa shape index (κ3) is 1.79. The molecule has 84 valence electrons. The molecule has 0 bridgehead atoms. The zero-order chi connectivity index (χ0) is 11.7. The predicted molar refractivity (Wildman–Crippen MR) is 65.3 cm³/mol. The Kier molecular flexibility index (Phi) is 3.12. The lowest BCUT2D eigenvalue weighted by Crippen LogP contribution is -2.08. The first kappa shape index (κ1) is 11.4. The molecule has 0 atom stereocenters. The number of hydrogen-bond acceptors (Lipinski definition) is 4. The average molecular weight is 256 g/mol. The van der Waals surface area contributed by atoms with Crippen molar-refractivity contribution in [1.82, 2.24) is 4.98 Å². The van der Waals surface area contributed by atoms with E-state index in [-0.39, 0.29) is 0 Å². The molecule has 0 saturated heterocycles. The second-order valence-corrected chi connectivity index (χ2v) is 4.54. The number of pyridine rings is 1. The quantitative estimate of drug-likeness (QED) is 0.772. The maximum Gasteiger partial charge on any atom is 0.341 e. The van der Waals surface area contributed by atoms with E-state index in [0.29, 0.717) is 22.9 Å². The Labute approximate surface area is 102 Å². The Morgan fingerprint density at radius 3 is 3.06 bits per heavy atom. The van der Waals surface area contributed by atoms with Crippen LogP contribution >= 0.6 is 22.9 Å². The van der Waals surface area contributed by atoms with Crippen molar-refractivity contribution in [3.05, 3.63) is 27.7 Å². The molecular weight excluding hydrogens is 246 g/mol. The molecule has 5 heteroatoms. The highest BCUT2D eigenvalue weighted by molar-refractivity contribution is 7.17. The lowest BCUT2D eigenvalue weighted by molar-refractivity contribution is 0.0525. The number of esters is 1. The number of ether oxygens (including phenoxy) is 1. The van der Waals surface area contributed by atoms with Crippen LogP contribution in [-0.4, -0.2) is 17.6 Å². The number of carbonyl (C=O) groups excluding carboxylic acids is 1. The minimum atomic E-state index is -0.409. The van der Waals surface area contributed by atoms with Gasteiger partial charge in [-0.05, 0) is 25.3 Å². The van der Waals surface area contributed by atoms with Crippen LogP contribution in [0.3, 0.4) is 0 Å². The van der Waals surface area contributed by atoms with Crippen LogP contribution in [-0.2, 0) is 4.74 Å². The first-order chi connectivity index (χ1) is 7.65. The van der Waals surface area contributed by atoms with E-state index < -0.39 is 5.97 Å². The van der Waals surface area contributed by atoms with Crippen molar-refractivity contribution in [3.63, 3.8) is 0 Å². The van der Waals surface area contributed by atoms with E-state index in [1.54, 1.807) is 13.8 Å². The van der Waals surface area contributed by atoms with Gasteiger partial charge < -0.3 is 4.74 Å². The van der Waals surface area contributed by atoms with Crippen molar-refractivity contribution >= 4 is 39.1 Å². The minimum Gasteiger partial charge on any atom is -0.462 e. The van der Waals surface area contributed by atoms with Crippen LogP contribution < -0.4 is 0 Å². The van der Waals surface area contributed by atoms with Gasteiger partial charge in [0.1, 0.15) is 5.56 Å². The lowest BCUT2D eigenvalue weighted by atomic mass is 10.2. The molecule has 0 aromatic carbocycles. The molecule has 2 aromatic heterocycles. The standard InChI is InChI=1S/C11H10ClNO2S/c1-3-15-11(14)8-6(2)13-7-4-5-16-10(7)9(8)12/h4-5H,3H2,1-2H3. The van der Waals surface area contributed by atoms with Crippen molar-refractivity contribution < 1.29 is 9.53 Å². The molecule has 0 radical (unpaired) electrons. The zero-order valence-corrected chi connectivity index (χ0v) is 10.5. The number of halogens is 1. The molecule has 3 nitrogen and oxygen atoms in total. The molecule has 0 aliphatic carbocycles. The van der Waals surface area contributed by atoms with Crippen molar-refractivity contribution in [3.8, 4) is 0 Å². The lowest BCUT2D eigenvalue weighted by Gasteiger charge is -2.07. The number of carbonyl (C=O) groups is 1. The van der Waals surface area contributed by atoms with E-state index in [0.717, 1.165) is 10.2 Å². The molecule has 0 saturated carbocycles. The highest BCUT2D eigenvalue weighted by atomic mass is 35.5. The maximum absolute atomic E-state index is 11.7. The number of hydrogen-bond donors (Lipinski definition) is 0. The molecule has 0 amide bonds. The number of nitrogens with zero attached hydrogens (tertiary/aromatic N) is 1. The van der Waals surface area contributed by atoms with E-state index in [1.165, 1.54) is 11.3 Å². The predicted octanol–water partition coefficient (Wildman–Crippen LogP) is 3.43. The summed E-state index contributed by atoms with van der Waals surface area (Å²) < 4.78 is 5.79. The van der Waals surface area contributed by atoms with Gasteiger partial charge >= 0.3 is 5.97 Å². The smallest absolute Gasteiger partial charge is 0.341 e. The molecule has 0 spiro atoms. The molecule has 2 aromatic rings. The van der Waals surface area contributed by atoms with Gasteiger partial charge in [0, 0.05) is 0 Å². The molecular formula is C11H10ClNO2S. The van der Waals surface area contributed by atoms with Crippen molar-refractivity contribution in [2.45, 2.75) is 13.8 Å². The SMILES string of the molecule is CCOC(=O)c1c(C)nc2ccsc2c1Cl. The van der Waals surface area contributed by atoms with Gasteiger partial charge in [0.25, 0.3) is 0 Å². The summed E-state index contributed by atoms with van der Waals surface area (Å²) in [7, 11) is 0. The Bertz CT molecular complexity index is 550. The van der Waals surface area contributed by atoms with Gasteiger partial charge in [-0.3, -0.25) is 4.98 Å².